The standard InChI is InChI=1S/C22H23N3O3S/c1-28-20-7-3-2-5-18(20)14-25(15-19-6-4-12-29-19)21(26)17-10-8-16(9-11-17)13-24-22(23)27/h2-12H,13-15H2,1H3,(H3,23,24,27). The molecular formula is C22H23N3O3S. The summed E-state index contributed by atoms with van der Waals surface area (Å²) in [6.45, 7) is 1.27. The third-order valence-electron chi connectivity index (χ3n) is 4.44. The normalized spacial score (nSPS) is 10.4. The van der Waals surface area contributed by atoms with Crippen LogP contribution >= 0.6 is 11.3 Å². The lowest BCUT2D eigenvalue weighted by molar-refractivity contribution is 0.0730. The molecular weight excluding hydrogens is 386 g/mol. The summed E-state index contributed by atoms with van der Waals surface area (Å²) in [6, 6.07) is 18.3. The van der Waals surface area contributed by atoms with Crippen LogP contribution in [-0.4, -0.2) is 23.9 Å². The Bertz CT molecular complexity index is 956. The summed E-state index contributed by atoms with van der Waals surface area (Å²) in [7, 11) is 1.63. The van der Waals surface area contributed by atoms with Crippen LogP contribution in [0.1, 0.15) is 26.4 Å². The van der Waals surface area contributed by atoms with Crippen LogP contribution in [0.25, 0.3) is 0 Å². The molecule has 6 nitrogen and oxygen atoms in total. The van der Waals surface area contributed by atoms with Gasteiger partial charge in [0, 0.05) is 22.5 Å². The Morgan fingerprint density at radius 2 is 1.79 bits per heavy atom. The monoisotopic (exact) mass is 409 g/mol. The quantitative estimate of drug-likeness (QED) is 0.594. The van der Waals surface area contributed by atoms with Crippen molar-refractivity contribution in [3.8, 4) is 5.75 Å². The molecule has 1 heterocycles. The molecule has 0 saturated heterocycles. The summed E-state index contributed by atoms with van der Waals surface area (Å²) < 4.78 is 5.45. The molecule has 2 aromatic carbocycles. The van der Waals surface area contributed by atoms with Crippen molar-refractivity contribution in [2.24, 2.45) is 5.73 Å². The number of carbonyl (C=O) groups excluding carboxylic acids is 2. The van der Waals surface area contributed by atoms with Crippen LogP contribution in [0.5, 0.6) is 5.75 Å². The first-order valence-corrected chi connectivity index (χ1v) is 10.0. The Morgan fingerprint density at radius 3 is 2.45 bits per heavy atom. The largest absolute Gasteiger partial charge is 0.496 e. The zero-order valence-electron chi connectivity index (χ0n) is 16.1. The molecule has 0 aliphatic rings. The number of hydrogen-bond acceptors (Lipinski definition) is 4. The molecule has 0 aliphatic heterocycles. The Morgan fingerprint density at radius 1 is 1.03 bits per heavy atom. The summed E-state index contributed by atoms with van der Waals surface area (Å²) in [5, 5.41) is 4.54. The zero-order valence-corrected chi connectivity index (χ0v) is 16.9. The fraction of sp³-hybridized carbons (Fsp3) is 0.182. The number of rotatable bonds is 8. The second kappa shape index (κ2) is 9.75. The maximum atomic E-state index is 13.3. The van der Waals surface area contributed by atoms with Gasteiger partial charge in [-0.1, -0.05) is 36.4 Å². The Labute approximate surface area is 173 Å². The molecule has 3 N–H and O–H groups in total. The molecule has 29 heavy (non-hydrogen) atoms. The van der Waals surface area contributed by atoms with Crippen molar-refractivity contribution in [1.29, 1.82) is 0 Å². The van der Waals surface area contributed by atoms with Gasteiger partial charge in [0.1, 0.15) is 5.75 Å². The van der Waals surface area contributed by atoms with E-state index in [1.165, 1.54) is 0 Å². The lowest BCUT2D eigenvalue weighted by atomic mass is 10.1. The van der Waals surface area contributed by atoms with Crippen LogP contribution < -0.4 is 15.8 Å². The average Bonchev–Trinajstić information content (AvgIpc) is 3.25. The van der Waals surface area contributed by atoms with E-state index in [1.54, 1.807) is 35.5 Å². The number of thiophene rings is 1. The third-order valence-corrected chi connectivity index (χ3v) is 5.30. The van der Waals surface area contributed by atoms with Gasteiger partial charge >= 0.3 is 6.03 Å². The van der Waals surface area contributed by atoms with Crippen LogP contribution in [0.4, 0.5) is 4.79 Å². The number of nitrogens with zero attached hydrogens (tertiary/aromatic N) is 1. The first-order chi connectivity index (χ1) is 14.1. The van der Waals surface area contributed by atoms with Crippen LogP contribution in [0, 0.1) is 0 Å². The van der Waals surface area contributed by atoms with Gasteiger partial charge in [-0.15, -0.1) is 11.3 Å². The van der Waals surface area contributed by atoms with Crippen molar-refractivity contribution in [3.05, 3.63) is 87.6 Å². The minimum Gasteiger partial charge on any atom is -0.496 e. The summed E-state index contributed by atoms with van der Waals surface area (Å²) >= 11 is 1.62. The maximum absolute atomic E-state index is 13.3. The molecule has 3 amide bonds. The maximum Gasteiger partial charge on any atom is 0.312 e. The van der Waals surface area contributed by atoms with E-state index in [9.17, 15) is 9.59 Å². The molecule has 1 aromatic heterocycles. The molecule has 0 fully saturated rings. The SMILES string of the molecule is COc1ccccc1CN(Cc1cccs1)C(=O)c1ccc(CNC(N)=O)cc1. The van der Waals surface area contributed by atoms with E-state index in [1.807, 2.05) is 53.9 Å². The van der Waals surface area contributed by atoms with Crippen LogP contribution in [0.2, 0.25) is 0 Å². The molecule has 3 rings (SSSR count). The van der Waals surface area contributed by atoms with Gasteiger partial charge in [-0.2, -0.15) is 0 Å². The minimum absolute atomic E-state index is 0.0706. The number of para-hydroxylation sites is 1. The first-order valence-electron chi connectivity index (χ1n) is 9.12. The van der Waals surface area contributed by atoms with Gasteiger partial charge in [-0.3, -0.25) is 4.79 Å². The minimum atomic E-state index is -0.580. The first kappa shape index (κ1) is 20.4. The highest BCUT2D eigenvalue weighted by Gasteiger charge is 2.19. The summed E-state index contributed by atoms with van der Waals surface area (Å²) in [5.74, 6) is 0.683. The van der Waals surface area contributed by atoms with E-state index < -0.39 is 6.03 Å². The molecule has 0 spiro atoms. The van der Waals surface area contributed by atoms with E-state index in [-0.39, 0.29) is 5.91 Å². The van der Waals surface area contributed by atoms with E-state index >= 15 is 0 Å². The molecule has 0 bridgehead atoms. The topological polar surface area (TPSA) is 84.7 Å². The summed E-state index contributed by atoms with van der Waals surface area (Å²) in [6.07, 6.45) is 0. The second-order valence-electron chi connectivity index (χ2n) is 6.47. The van der Waals surface area contributed by atoms with Crippen molar-refractivity contribution in [1.82, 2.24) is 10.2 Å². The van der Waals surface area contributed by atoms with Crippen molar-refractivity contribution in [2.45, 2.75) is 19.6 Å². The highest BCUT2D eigenvalue weighted by atomic mass is 32.1. The number of amides is 3. The van der Waals surface area contributed by atoms with Crippen molar-refractivity contribution in [3.63, 3.8) is 0 Å². The lowest BCUT2D eigenvalue weighted by Gasteiger charge is -2.23. The van der Waals surface area contributed by atoms with E-state index in [2.05, 4.69) is 5.32 Å². The lowest BCUT2D eigenvalue weighted by Crippen LogP contribution is -2.30. The molecule has 0 radical (unpaired) electrons. The number of nitrogens with one attached hydrogen (secondary N) is 1. The molecule has 0 unspecified atom stereocenters. The summed E-state index contributed by atoms with van der Waals surface area (Å²) in [4.78, 5) is 27.0. The van der Waals surface area contributed by atoms with Gasteiger partial charge in [0.15, 0.2) is 0 Å². The third kappa shape index (κ3) is 5.58. The second-order valence-corrected chi connectivity index (χ2v) is 7.50. The highest BCUT2D eigenvalue weighted by Crippen LogP contribution is 2.23. The van der Waals surface area contributed by atoms with Crippen molar-refractivity contribution < 1.29 is 14.3 Å². The van der Waals surface area contributed by atoms with Crippen molar-refractivity contribution >= 4 is 23.3 Å². The van der Waals surface area contributed by atoms with Gasteiger partial charge < -0.3 is 20.7 Å². The van der Waals surface area contributed by atoms with Crippen molar-refractivity contribution in [2.75, 3.05) is 7.11 Å². The predicted molar refractivity (Wildman–Crippen MR) is 114 cm³/mol. The van der Waals surface area contributed by atoms with Gasteiger partial charge in [-0.25, -0.2) is 4.79 Å². The summed E-state index contributed by atoms with van der Waals surface area (Å²) in [5.41, 5.74) is 7.50. The molecule has 7 heteroatoms. The van der Waals surface area contributed by atoms with E-state index in [0.717, 1.165) is 21.8 Å². The fourth-order valence-electron chi connectivity index (χ4n) is 2.97. The molecule has 0 atom stereocenters. The molecule has 0 saturated carbocycles. The Balaban J connectivity index is 1.81. The van der Waals surface area contributed by atoms with Gasteiger partial charge in [0.2, 0.25) is 0 Å². The van der Waals surface area contributed by atoms with Gasteiger partial charge in [0.25, 0.3) is 5.91 Å². The number of primary amides is 1. The number of benzene rings is 2. The van der Waals surface area contributed by atoms with Crippen LogP contribution in [-0.2, 0) is 19.6 Å². The number of hydrogen-bond donors (Lipinski definition) is 2. The van der Waals surface area contributed by atoms with Gasteiger partial charge in [0.05, 0.1) is 20.2 Å². The molecule has 3 aromatic rings. The molecule has 0 aliphatic carbocycles. The fourth-order valence-corrected chi connectivity index (χ4v) is 3.69. The molecule has 150 valence electrons. The van der Waals surface area contributed by atoms with Crippen LogP contribution in [0.3, 0.4) is 0 Å². The van der Waals surface area contributed by atoms with E-state index in [4.69, 9.17) is 10.5 Å². The highest BCUT2D eigenvalue weighted by molar-refractivity contribution is 7.09. The number of urea groups is 1. The number of carbonyl (C=O) groups is 2. The predicted octanol–water partition coefficient (Wildman–Crippen LogP) is 3.77. The van der Waals surface area contributed by atoms with Gasteiger partial charge in [-0.05, 0) is 35.2 Å². The van der Waals surface area contributed by atoms with Crippen LogP contribution in [0.15, 0.2) is 66.0 Å². The van der Waals surface area contributed by atoms with E-state index in [0.29, 0.717) is 25.2 Å². The average molecular weight is 410 g/mol. The number of ether oxygens (including phenoxy) is 1. The Kier molecular flexibility index (Phi) is 6.86. The zero-order chi connectivity index (χ0) is 20.6. The number of nitrogens with two attached hydrogens (primary N) is 1. The Hall–Kier alpha value is -3.32. The number of methoxy groups -OCH3 is 1. The smallest absolute Gasteiger partial charge is 0.312 e.